The molecular weight excluding hydrogens is 596 g/mol. The molecule has 2 fully saturated rings. The number of nitrogens with one attached hydrogen (secondary N) is 4. The first-order chi connectivity index (χ1) is 21.3. The van der Waals surface area contributed by atoms with Gasteiger partial charge in [0.25, 0.3) is 5.91 Å². The van der Waals surface area contributed by atoms with Crippen molar-refractivity contribution in [2.45, 2.75) is 76.8 Å². The lowest BCUT2D eigenvalue weighted by atomic mass is 9.91. The molecule has 0 aromatic carbocycles. The third-order valence-electron chi connectivity index (χ3n) is 9.52. The summed E-state index contributed by atoms with van der Waals surface area (Å²) in [4.78, 5) is 51.6. The fourth-order valence-corrected chi connectivity index (χ4v) is 7.69. The normalized spacial score (nSPS) is 28.5. The Labute approximate surface area is 266 Å². The van der Waals surface area contributed by atoms with Crippen molar-refractivity contribution < 1.29 is 34.5 Å². The lowest BCUT2D eigenvalue weighted by Gasteiger charge is -2.20. The molecule has 240 valence electrons. The number of aliphatic hydroxyl groups is 1. The second-order valence-corrected chi connectivity index (χ2v) is 13.7. The zero-order valence-electron chi connectivity index (χ0n) is 25.9. The Morgan fingerprint density at radius 1 is 1.07 bits per heavy atom. The summed E-state index contributed by atoms with van der Waals surface area (Å²) in [6, 6.07) is -0.506. The summed E-state index contributed by atoms with van der Waals surface area (Å²) in [5.41, 5.74) is 7.48. The maximum absolute atomic E-state index is 12.6. The number of aliphatic hydroxyl groups excluding tert-OH is 1. The van der Waals surface area contributed by atoms with Crippen LogP contribution in [0.3, 0.4) is 0 Å². The van der Waals surface area contributed by atoms with Gasteiger partial charge in [-0.25, -0.2) is 4.79 Å². The van der Waals surface area contributed by atoms with Gasteiger partial charge in [-0.05, 0) is 85.4 Å². The molecule has 5 rings (SSSR count). The number of aromatic nitrogens is 1. The SMILES string of the molecule is C=CC1=C(C)[C@@H](CC2N/C(=C\c3[nH]c(/C=C4\NC(=O)[C@H](C)[C@H]4[C@H]4C[SH+]4)c(C)c3CCC(=O)O)C(C[C@H](O)C(=O)O)=C2C)NC1=O. The molecule has 4 aliphatic rings. The monoisotopic (exact) mass is 637 g/mol. The topological polar surface area (TPSA) is 181 Å². The third kappa shape index (κ3) is 6.53. The summed E-state index contributed by atoms with van der Waals surface area (Å²) in [5.74, 6) is -1.41. The van der Waals surface area contributed by atoms with Gasteiger partial charge in [0, 0.05) is 53.2 Å². The number of allylic oxidation sites excluding steroid dienone is 2. The minimum atomic E-state index is -1.62. The summed E-state index contributed by atoms with van der Waals surface area (Å²) in [5, 5.41) is 39.3. The predicted molar refractivity (Wildman–Crippen MR) is 173 cm³/mol. The Kier molecular flexibility index (Phi) is 9.18. The van der Waals surface area contributed by atoms with Gasteiger partial charge >= 0.3 is 11.9 Å². The van der Waals surface area contributed by atoms with Gasteiger partial charge in [0.1, 0.15) is 0 Å². The predicted octanol–water partition coefficient (Wildman–Crippen LogP) is 2.12. The van der Waals surface area contributed by atoms with Crippen LogP contribution in [-0.4, -0.2) is 73.2 Å². The highest BCUT2D eigenvalue weighted by Crippen LogP contribution is 2.39. The van der Waals surface area contributed by atoms with Crippen LogP contribution in [0.25, 0.3) is 12.2 Å². The number of hydrogen-bond donors (Lipinski definition) is 7. The Hall–Kier alpha value is -4.03. The molecule has 7 N–H and O–H groups in total. The molecular formula is C33H41N4O7S+. The largest absolute Gasteiger partial charge is 0.481 e. The van der Waals surface area contributed by atoms with Crippen LogP contribution in [0.5, 0.6) is 0 Å². The summed E-state index contributed by atoms with van der Waals surface area (Å²) in [7, 11) is 0. The first-order valence-corrected chi connectivity index (χ1v) is 16.3. The van der Waals surface area contributed by atoms with Gasteiger partial charge in [0.05, 0.1) is 12.0 Å². The van der Waals surface area contributed by atoms with Crippen molar-refractivity contribution in [2.24, 2.45) is 11.8 Å². The number of hydrogen-bond acceptors (Lipinski definition) is 6. The lowest BCUT2D eigenvalue weighted by Crippen LogP contribution is -2.36. The molecule has 0 bridgehead atoms. The van der Waals surface area contributed by atoms with Gasteiger partial charge in [0.2, 0.25) is 5.91 Å². The quantitative estimate of drug-likeness (QED) is 0.103. The van der Waals surface area contributed by atoms with Crippen LogP contribution < -0.4 is 16.0 Å². The summed E-state index contributed by atoms with van der Waals surface area (Å²) in [6.45, 7) is 11.4. The molecule has 5 heterocycles. The van der Waals surface area contributed by atoms with E-state index < -0.39 is 18.0 Å². The van der Waals surface area contributed by atoms with Crippen molar-refractivity contribution in [3.8, 4) is 0 Å². The number of carbonyl (C=O) groups is 4. The maximum Gasteiger partial charge on any atom is 0.332 e. The van der Waals surface area contributed by atoms with Crippen LogP contribution in [0.4, 0.5) is 0 Å². The van der Waals surface area contributed by atoms with Crippen molar-refractivity contribution in [2.75, 3.05) is 5.75 Å². The van der Waals surface area contributed by atoms with E-state index in [1.807, 2.05) is 39.8 Å². The fraction of sp³-hybridized carbons (Fsp3) is 0.455. The average molecular weight is 638 g/mol. The van der Waals surface area contributed by atoms with Crippen molar-refractivity contribution in [1.82, 2.24) is 20.9 Å². The Bertz CT molecular complexity index is 1600. The zero-order valence-corrected chi connectivity index (χ0v) is 26.8. The maximum atomic E-state index is 12.6. The highest BCUT2D eigenvalue weighted by Gasteiger charge is 2.52. The summed E-state index contributed by atoms with van der Waals surface area (Å²) >= 11 is 1.33. The van der Waals surface area contributed by atoms with Crippen LogP contribution in [0.2, 0.25) is 0 Å². The third-order valence-corrected chi connectivity index (χ3v) is 10.6. The highest BCUT2D eigenvalue weighted by atomic mass is 32.2. The number of carboxylic acids is 2. The van der Waals surface area contributed by atoms with Gasteiger partial charge in [0.15, 0.2) is 17.1 Å². The average Bonchev–Trinajstić information content (AvgIpc) is 3.56. The number of rotatable bonds is 12. The Morgan fingerprint density at radius 3 is 2.36 bits per heavy atom. The van der Waals surface area contributed by atoms with E-state index >= 15 is 0 Å². The number of thiol groups is 1. The van der Waals surface area contributed by atoms with Crippen LogP contribution in [-0.2, 0) is 37.4 Å². The van der Waals surface area contributed by atoms with Crippen LogP contribution in [0.15, 0.2) is 46.3 Å². The summed E-state index contributed by atoms with van der Waals surface area (Å²) < 4.78 is 0. The van der Waals surface area contributed by atoms with Crippen molar-refractivity contribution >= 4 is 47.7 Å². The molecule has 1 unspecified atom stereocenters. The number of aliphatic carboxylic acids is 2. The fourth-order valence-electron chi connectivity index (χ4n) is 6.69. The van der Waals surface area contributed by atoms with E-state index in [0.717, 1.165) is 39.4 Å². The number of carbonyl (C=O) groups excluding carboxylic acids is 2. The summed E-state index contributed by atoms with van der Waals surface area (Å²) in [6.07, 6.45) is 4.26. The molecule has 0 aliphatic carbocycles. The van der Waals surface area contributed by atoms with Gasteiger partial charge in [-0.1, -0.05) is 19.6 Å². The number of amides is 2. The number of aromatic amines is 1. The minimum Gasteiger partial charge on any atom is -0.481 e. The standard InChI is InChI=1S/C33H40N4O7S/c1-6-18-14(2)23(36-32(18)42)10-21-16(4)20(9-27(38)33(43)44)25(35-21)12-24-19(7-8-29(39)40)15(3)22(34-24)11-26-30(28-13-45-28)17(5)31(41)37-26/h6,11-12,17,21,23,27-28,30,34-35,38H,1,7-10,13H2,2-5H3,(H,36,42)(H,37,41)(H,39,40)(H,43,44)/p+1/b25-12-,26-11-/t17-,21?,23-,27+,28-,30-/m1/s1. The molecule has 12 heteroatoms. The van der Waals surface area contributed by atoms with E-state index in [0.29, 0.717) is 34.2 Å². The number of H-pyrrole nitrogens is 1. The molecule has 2 saturated heterocycles. The van der Waals surface area contributed by atoms with E-state index in [1.54, 1.807) is 6.08 Å². The molecule has 6 atom stereocenters. The van der Waals surface area contributed by atoms with Gasteiger partial charge < -0.3 is 36.3 Å². The first-order valence-electron chi connectivity index (χ1n) is 15.2. The van der Waals surface area contributed by atoms with Crippen LogP contribution in [0.1, 0.15) is 62.5 Å². The minimum absolute atomic E-state index is 0.00168. The molecule has 1 aromatic heterocycles. The zero-order chi connectivity index (χ0) is 32.7. The molecule has 45 heavy (non-hydrogen) atoms. The van der Waals surface area contributed by atoms with E-state index in [1.165, 1.54) is 11.8 Å². The van der Waals surface area contributed by atoms with Gasteiger partial charge in [-0.2, -0.15) is 0 Å². The van der Waals surface area contributed by atoms with E-state index in [4.69, 9.17) is 0 Å². The van der Waals surface area contributed by atoms with Crippen molar-refractivity contribution in [1.29, 1.82) is 0 Å². The van der Waals surface area contributed by atoms with Crippen LogP contribution in [0, 0.1) is 18.8 Å². The van der Waals surface area contributed by atoms with Gasteiger partial charge in [-0.15, -0.1) is 0 Å². The molecule has 0 radical (unpaired) electrons. The molecule has 1 aromatic rings. The lowest BCUT2D eigenvalue weighted by molar-refractivity contribution is -0.146. The Balaban J connectivity index is 1.53. The second-order valence-electron chi connectivity index (χ2n) is 12.3. The van der Waals surface area contributed by atoms with E-state index in [2.05, 4.69) is 27.5 Å². The van der Waals surface area contributed by atoms with Crippen molar-refractivity contribution in [3.05, 3.63) is 68.9 Å². The van der Waals surface area contributed by atoms with E-state index in [-0.39, 0.29) is 55.0 Å². The molecule has 0 saturated carbocycles. The smallest absolute Gasteiger partial charge is 0.332 e. The highest BCUT2D eigenvalue weighted by molar-refractivity contribution is 7.86. The molecule has 4 aliphatic heterocycles. The van der Waals surface area contributed by atoms with Crippen molar-refractivity contribution in [3.63, 3.8) is 0 Å². The Morgan fingerprint density at radius 2 is 1.76 bits per heavy atom. The number of carboxylic acid groups (broad SMARTS) is 2. The second kappa shape index (κ2) is 12.8. The molecule has 11 nitrogen and oxygen atoms in total. The van der Waals surface area contributed by atoms with Crippen LogP contribution >= 0.6 is 0 Å². The first kappa shape index (κ1) is 32.4. The molecule has 2 amide bonds. The molecule has 0 spiro atoms. The van der Waals surface area contributed by atoms with E-state index in [9.17, 15) is 34.5 Å². The van der Waals surface area contributed by atoms with Gasteiger partial charge in [-0.3, -0.25) is 14.4 Å².